The van der Waals surface area contributed by atoms with E-state index in [1.807, 2.05) is 11.1 Å². The van der Waals surface area contributed by atoms with E-state index in [9.17, 15) is 4.79 Å². The topological polar surface area (TPSA) is 59.2 Å². The van der Waals surface area contributed by atoms with Gasteiger partial charge in [-0.05, 0) is 19.8 Å². The molecule has 5 nitrogen and oxygen atoms in total. The van der Waals surface area contributed by atoms with Crippen LogP contribution in [0, 0.1) is 6.92 Å². The van der Waals surface area contributed by atoms with Crippen LogP contribution in [-0.4, -0.2) is 34.0 Å². The Hall–Kier alpha value is -1.40. The van der Waals surface area contributed by atoms with Crippen molar-refractivity contribution >= 4 is 28.8 Å². The molecule has 0 radical (unpaired) electrons. The summed E-state index contributed by atoms with van der Waals surface area (Å²) in [5.74, 6) is 1.18. The summed E-state index contributed by atoms with van der Waals surface area (Å²) in [5.41, 5.74) is 0. The van der Waals surface area contributed by atoms with Crippen molar-refractivity contribution in [1.29, 1.82) is 0 Å². The molecular formula is C15H18ClN3O2S. The molecule has 0 unspecified atom stereocenters. The molecule has 1 saturated heterocycles. The number of hydrogen-bond acceptors (Lipinski definition) is 5. The van der Waals surface area contributed by atoms with Crippen LogP contribution >= 0.6 is 22.9 Å². The first-order valence-electron chi connectivity index (χ1n) is 7.43. The van der Waals surface area contributed by atoms with Gasteiger partial charge >= 0.3 is 0 Å². The average molecular weight is 340 g/mol. The lowest BCUT2D eigenvalue weighted by molar-refractivity contribution is -0.132. The SMILES string of the molecule is Cc1cnc([C@H]2CCCN(C(=O)CCc3cc(Cl)no3)C2)s1. The Bertz CT molecular complexity index is 655. The molecule has 0 bridgehead atoms. The fourth-order valence-electron chi connectivity index (χ4n) is 2.76. The highest BCUT2D eigenvalue weighted by Gasteiger charge is 2.26. The molecule has 0 spiro atoms. The maximum atomic E-state index is 12.4. The predicted molar refractivity (Wildman–Crippen MR) is 85.2 cm³/mol. The minimum absolute atomic E-state index is 0.158. The van der Waals surface area contributed by atoms with Gasteiger partial charge in [-0.1, -0.05) is 16.8 Å². The van der Waals surface area contributed by atoms with E-state index in [0.717, 1.165) is 30.9 Å². The number of piperidine rings is 1. The van der Waals surface area contributed by atoms with Gasteiger partial charge < -0.3 is 9.42 Å². The molecule has 1 aliphatic heterocycles. The number of aromatic nitrogens is 2. The molecule has 0 aromatic carbocycles. The normalized spacial score (nSPS) is 18.6. The van der Waals surface area contributed by atoms with Gasteiger partial charge in [0.1, 0.15) is 5.76 Å². The zero-order valence-corrected chi connectivity index (χ0v) is 14.0. The number of halogens is 1. The van der Waals surface area contributed by atoms with Crippen molar-refractivity contribution in [1.82, 2.24) is 15.0 Å². The van der Waals surface area contributed by atoms with E-state index in [1.165, 1.54) is 4.88 Å². The number of thiazole rings is 1. The summed E-state index contributed by atoms with van der Waals surface area (Å²) in [5, 5.41) is 5.10. The molecule has 7 heteroatoms. The Morgan fingerprint density at radius 2 is 2.45 bits per heavy atom. The fraction of sp³-hybridized carbons (Fsp3) is 0.533. The van der Waals surface area contributed by atoms with Crippen molar-refractivity contribution in [2.75, 3.05) is 13.1 Å². The molecular weight excluding hydrogens is 322 g/mol. The molecule has 3 heterocycles. The second-order valence-electron chi connectivity index (χ2n) is 5.60. The number of likely N-dealkylation sites (tertiary alicyclic amines) is 1. The van der Waals surface area contributed by atoms with E-state index in [4.69, 9.17) is 16.1 Å². The Balaban J connectivity index is 1.55. The first kappa shape index (κ1) is 15.5. The summed E-state index contributed by atoms with van der Waals surface area (Å²) >= 11 is 7.44. The maximum Gasteiger partial charge on any atom is 0.223 e. The number of carbonyl (C=O) groups excluding carboxylic acids is 1. The lowest BCUT2D eigenvalue weighted by Gasteiger charge is -2.31. The minimum Gasteiger partial charge on any atom is -0.360 e. The van der Waals surface area contributed by atoms with Gasteiger partial charge in [0.25, 0.3) is 0 Å². The van der Waals surface area contributed by atoms with E-state index in [0.29, 0.717) is 29.7 Å². The molecule has 22 heavy (non-hydrogen) atoms. The number of nitrogens with zero attached hydrogens (tertiary/aromatic N) is 3. The second kappa shape index (κ2) is 6.79. The highest BCUT2D eigenvalue weighted by Crippen LogP contribution is 2.30. The van der Waals surface area contributed by atoms with Crippen LogP contribution in [0.15, 0.2) is 16.8 Å². The predicted octanol–water partition coefficient (Wildman–Crippen LogP) is 3.43. The van der Waals surface area contributed by atoms with Crippen molar-refractivity contribution in [3.8, 4) is 0 Å². The van der Waals surface area contributed by atoms with Gasteiger partial charge in [-0.2, -0.15) is 0 Å². The molecule has 3 rings (SSSR count). The van der Waals surface area contributed by atoms with Gasteiger partial charge in [0.05, 0.1) is 5.01 Å². The van der Waals surface area contributed by atoms with E-state index >= 15 is 0 Å². The van der Waals surface area contributed by atoms with Crippen molar-refractivity contribution in [2.24, 2.45) is 0 Å². The van der Waals surface area contributed by atoms with Gasteiger partial charge in [-0.15, -0.1) is 11.3 Å². The Labute approximate surface area is 138 Å². The zero-order valence-electron chi connectivity index (χ0n) is 12.4. The van der Waals surface area contributed by atoms with Crippen molar-refractivity contribution in [3.05, 3.63) is 33.1 Å². The third-order valence-electron chi connectivity index (χ3n) is 3.88. The zero-order chi connectivity index (χ0) is 15.5. The Morgan fingerprint density at radius 1 is 1.59 bits per heavy atom. The largest absolute Gasteiger partial charge is 0.360 e. The number of rotatable bonds is 4. The van der Waals surface area contributed by atoms with Crippen LogP contribution in [0.4, 0.5) is 0 Å². The molecule has 1 fully saturated rings. The molecule has 1 amide bonds. The van der Waals surface area contributed by atoms with Crippen molar-refractivity contribution in [2.45, 2.75) is 38.5 Å². The molecule has 0 N–H and O–H groups in total. The standard InChI is InChI=1S/C15H18ClN3O2S/c1-10-8-17-15(22-10)11-3-2-6-19(9-11)14(20)5-4-12-7-13(16)18-21-12/h7-8,11H,2-6,9H2,1H3/t11-/m0/s1. The summed E-state index contributed by atoms with van der Waals surface area (Å²) in [6, 6.07) is 1.66. The third-order valence-corrected chi connectivity index (χ3v) is 5.13. The van der Waals surface area contributed by atoms with Gasteiger partial charge in [-0.3, -0.25) is 4.79 Å². The van der Waals surface area contributed by atoms with Gasteiger partial charge in [0.2, 0.25) is 5.91 Å². The van der Waals surface area contributed by atoms with E-state index < -0.39 is 0 Å². The molecule has 118 valence electrons. The lowest BCUT2D eigenvalue weighted by atomic mass is 9.98. The summed E-state index contributed by atoms with van der Waals surface area (Å²) in [6.45, 7) is 3.66. The molecule has 2 aromatic heterocycles. The van der Waals surface area contributed by atoms with Crippen LogP contribution in [0.3, 0.4) is 0 Å². The van der Waals surface area contributed by atoms with Crippen LogP contribution in [0.1, 0.15) is 40.8 Å². The van der Waals surface area contributed by atoms with Gasteiger partial charge in [0.15, 0.2) is 5.15 Å². The molecule has 0 aliphatic carbocycles. The average Bonchev–Trinajstić information content (AvgIpc) is 3.13. The minimum atomic E-state index is 0.158. The number of carbonyl (C=O) groups is 1. The summed E-state index contributed by atoms with van der Waals surface area (Å²) < 4.78 is 5.03. The lowest BCUT2D eigenvalue weighted by Crippen LogP contribution is -2.39. The first-order chi connectivity index (χ1) is 10.6. The van der Waals surface area contributed by atoms with Crippen LogP contribution in [0.5, 0.6) is 0 Å². The maximum absolute atomic E-state index is 12.4. The molecule has 0 saturated carbocycles. The Morgan fingerprint density at radius 3 is 3.14 bits per heavy atom. The third kappa shape index (κ3) is 3.67. The Kier molecular flexibility index (Phi) is 4.78. The molecule has 1 atom stereocenters. The van der Waals surface area contributed by atoms with Crippen LogP contribution in [0.25, 0.3) is 0 Å². The van der Waals surface area contributed by atoms with Crippen molar-refractivity contribution < 1.29 is 9.32 Å². The van der Waals surface area contributed by atoms with Crippen LogP contribution in [-0.2, 0) is 11.2 Å². The van der Waals surface area contributed by atoms with Crippen LogP contribution in [0.2, 0.25) is 5.15 Å². The highest BCUT2D eigenvalue weighted by molar-refractivity contribution is 7.11. The summed E-state index contributed by atoms with van der Waals surface area (Å²) in [6.07, 6.45) is 5.01. The second-order valence-corrected chi connectivity index (χ2v) is 7.26. The molecule has 2 aromatic rings. The first-order valence-corrected chi connectivity index (χ1v) is 8.62. The smallest absolute Gasteiger partial charge is 0.223 e. The monoisotopic (exact) mass is 339 g/mol. The summed E-state index contributed by atoms with van der Waals surface area (Å²) in [7, 11) is 0. The number of hydrogen-bond donors (Lipinski definition) is 0. The van der Waals surface area contributed by atoms with Gasteiger partial charge in [0, 0.05) is 49.0 Å². The highest BCUT2D eigenvalue weighted by atomic mass is 35.5. The van der Waals surface area contributed by atoms with Gasteiger partial charge in [-0.25, -0.2) is 4.98 Å². The fourth-order valence-corrected chi connectivity index (χ4v) is 3.82. The van der Waals surface area contributed by atoms with E-state index in [-0.39, 0.29) is 5.91 Å². The van der Waals surface area contributed by atoms with Crippen LogP contribution < -0.4 is 0 Å². The number of amides is 1. The van der Waals surface area contributed by atoms with E-state index in [1.54, 1.807) is 17.4 Å². The quantitative estimate of drug-likeness (QED) is 0.856. The molecule has 1 aliphatic rings. The van der Waals surface area contributed by atoms with E-state index in [2.05, 4.69) is 17.1 Å². The number of aryl methyl sites for hydroxylation is 2. The summed E-state index contributed by atoms with van der Waals surface area (Å²) in [4.78, 5) is 20.0. The van der Waals surface area contributed by atoms with Crippen molar-refractivity contribution in [3.63, 3.8) is 0 Å².